The van der Waals surface area contributed by atoms with Gasteiger partial charge in [-0.25, -0.2) is 9.97 Å². The number of piperazine rings is 1. The standard InChI is InChI=1S/C19H26N6O/c1-22-9-2-5-16(22)17-6-3-10-25(17)15-18(26)23-11-13-24(14-12-23)19-20-7-4-8-21-19/h2,4-5,7-9,17H,3,6,10-15H2,1H3/t17-/m0/s1. The topological polar surface area (TPSA) is 57.5 Å². The molecule has 7 nitrogen and oxygen atoms in total. The van der Waals surface area contributed by atoms with E-state index in [1.807, 2.05) is 11.0 Å². The summed E-state index contributed by atoms with van der Waals surface area (Å²) in [7, 11) is 2.08. The molecule has 2 aliphatic rings. The molecular weight excluding hydrogens is 328 g/mol. The normalized spacial score (nSPS) is 21.3. The Morgan fingerprint density at radius 2 is 1.88 bits per heavy atom. The van der Waals surface area contributed by atoms with Crippen molar-refractivity contribution < 1.29 is 4.79 Å². The van der Waals surface area contributed by atoms with Gasteiger partial charge < -0.3 is 14.4 Å². The van der Waals surface area contributed by atoms with Crippen molar-refractivity contribution in [1.29, 1.82) is 0 Å². The van der Waals surface area contributed by atoms with Crippen LogP contribution >= 0.6 is 0 Å². The van der Waals surface area contributed by atoms with E-state index in [4.69, 9.17) is 0 Å². The smallest absolute Gasteiger partial charge is 0.236 e. The fraction of sp³-hybridized carbons (Fsp3) is 0.526. The first-order valence-corrected chi connectivity index (χ1v) is 9.37. The van der Waals surface area contributed by atoms with Crippen molar-refractivity contribution in [2.45, 2.75) is 18.9 Å². The number of aromatic nitrogens is 3. The molecule has 1 amide bonds. The molecule has 4 rings (SSSR count). The lowest BCUT2D eigenvalue weighted by Crippen LogP contribution is -2.51. The van der Waals surface area contributed by atoms with Gasteiger partial charge in [-0.3, -0.25) is 9.69 Å². The minimum atomic E-state index is 0.236. The van der Waals surface area contributed by atoms with E-state index < -0.39 is 0 Å². The number of rotatable bonds is 4. The van der Waals surface area contributed by atoms with E-state index >= 15 is 0 Å². The fourth-order valence-electron chi connectivity index (χ4n) is 4.05. The van der Waals surface area contributed by atoms with Gasteiger partial charge in [0.15, 0.2) is 0 Å². The molecule has 1 atom stereocenters. The number of hydrogen-bond acceptors (Lipinski definition) is 5. The predicted octanol–water partition coefficient (Wildman–Crippen LogP) is 1.30. The van der Waals surface area contributed by atoms with Gasteiger partial charge in [0.05, 0.1) is 12.6 Å². The molecular formula is C19H26N6O. The summed E-state index contributed by atoms with van der Waals surface area (Å²) in [5.41, 5.74) is 1.31. The van der Waals surface area contributed by atoms with Crippen LogP contribution in [0.15, 0.2) is 36.8 Å². The minimum absolute atomic E-state index is 0.236. The molecule has 7 heteroatoms. The molecule has 0 aromatic carbocycles. The SMILES string of the molecule is Cn1cccc1[C@@H]1CCCN1CC(=O)N1CCN(c2ncccn2)CC1. The molecule has 0 bridgehead atoms. The summed E-state index contributed by atoms with van der Waals surface area (Å²) in [6, 6.07) is 6.44. The Balaban J connectivity index is 1.33. The van der Waals surface area contributed by atoms with Crippen molar-refractivity contribution in [3.05, 3.63) is 42.5 Å². The van der Waals surface area contributed by atoms with E-state index in [0.29, 0.717) is 12.6 Å². The van der Waals surface area contributed by atoms with Crippen molar-refractivity contribution in [2.75, 3.05) is 44.2 Å². The maximum absolute atomic E-state index is 12.8. The van der Waals surface area contributed by atoms with Gasteiger partial charge in [-0.05, 0) is 37.6 Å². The summed E-state index contributed by atoms with van der Waals surface area (Å²) in [5.74, 6) is 0.989. The number of likely N-dealkylation sites (tertiary alicyclic amines) is 1. The first kappa shape index (κ1) is 17.0. The predicted molar refractivity (Wildman–Crippen MR) is 99.8 cm³/mol. The van der Waals surface area contributed by atoms with Crippen LogP contribution in [0.2, 0.25) is 0 Å². The maximum atomic E-state index is 12.8. The second-order valence-corrected chi connectivity index (χ2v) is 7.09. The van der Waals surface area contributed by atoms with Crippen LogP contribution in [0, 0.1) is 0 Å². The Kier molecular flexibility index (Phi) is 4.88. The minimum Gasteiger partial charge on any atom is -0.353 e. The molecule has 0 radical (unpaired) electrons. The number of anilines is 1. The van der Waals surface area contributed by atoms with Crippen molar-refractivity contribution in [1.82, 2.24) is 24.3 Å². The van der Waals surface area contributed by atoms with Crippen LogP contribution in [0.4, 0.5) is 5.95 Å². The summed E-state index contributed by atoms with van der Waals surface area (Å²) >= 11 is 0. The van der Waals surface area contributed by atoms with E-state index in [2.05, 4.69) is 49.7 Å². The number of hydrogen-bond donors (Lipinski definition) is 0. The lowest BCUT2D eigenvalue weighted by Gasteiger charge is -2.36. The van der Waals surface area contributed by atoms with E-state index in [1.165, 1.54) is 5.69 Å². The van der Waals surface area contributed by atoms with Crippen LogP contribution in [-0.2, 0) is 11.8 Å². The van der Waals surface area contributed by atoms with Gasteiger partial charge in [-0.15, -0.1) is 0 Å². The molecule has 2 aromatic rings. The van der Waals surface area contributed by atoms with Gasteiger partial charge in [0.2, 0.25) is 11.9 Å². The third-order valence-electron chi connectivity index (χ3n) is 5.49. The Hall–Kier alpha value is -2.41. The van der Waals surface area contributed by atoms with E-state index in [-0.39, 0.29) is 5.91 Å². The molecule has 2 saturated heterocycles. The molecule has 2 aromatic heterocycles. The molecule has 4 heterocycles. The van der Waals surface area contributed by atoms with Crippen LogP contribution in [0.3, 0.4) is 0 Å². The molecule has 0 unspecified atom stereocenters. The van der Waals surface area contributed by atoms with Gasteiger partial charge in [-0.2, -0.15) is 0 Å². The van der Waals surface area contributed by atoms with Crippen molar-refractivity contribution >= 4 is 11.9 Å². The average Bonchev–Trinajstić information content (AvgIpc) is 3.31. The zero-order chi connectivity index (χ0) is 17.9. The van der Waals surface area contributed by atoms with Crippen LogP contribution < -0.4 is 4.90 Å². The monoisotopic (exact) mass is 354 g/mol. The maximum Gasteiger partial charge on any atom is 0.236 e. The fourth-order valence-corrected chi connectivity index (χ4v) is 4.05. The third kappa shape index (κ3) is 3.44. The number of carbonyl (C=O) groups excluding carboxylic acids is 1. The van der Waals surface area contributed by atoms with Crippen LogP contribution in [0.25, 0.3) is 0 Å². The lowest BCUT2D eigenvalue weighted by molar-refractivity contribution is -0.133. The van der Waals surface area contributed by atoms with E-state index in [1.54, 1.807) is 12.4 Å². The number of nitrogens with zero attached hydrogens (tertiary/aromatic N) is 6. The molecule has 2 aliphatic heterocycles. The van der Waals surface area contributed by atoms with Crippen LogP contribution in [0.5, 0.6) is 0 Å². The highest BCUT2D eigenvalue weighted by atomic mass is 16.2. The van der Waals surface area contributed by atoms with Crippen molar-refractivity contribution in [3.63, 3.8) is 0 Å². The summed E-state index contributed by atoms with van der Waals surface area (Å²) in [4.78, 5) is 27.9. The third-order valence-corrected chi connectivity index (χ3v) is 5.49. The van der Waals surface area contributed by atoms with Crippen molar-refractivity contribution in [2.24, 2.45) is 7.05 Å². The molecule has 0 saturated carbocycles. The Bertz CT molecular complexity index is 737. The highest BCUT2D eigenvalue weighted by molar-refractivity contribution is 5.78. The number of amides is 1. The largest absolute Gasteiger partial charge is 0.353 e. The second-order valence-electron chi connectivity index (χ2n) is 7.09. The average molecular weight is 354 g/mol. The molecule has 0 N–H and O–H groups in total. The van der Waals surface area contributed by atoms with Crippen LogP contribution in [0.1, 0.15) is 24.6 Å². The molecule has 0 aliphatic carbocycles. The Morgan fingerprint density at radius 1 is 1.12 bits per heavy atom. The Labute approximate surface area is 154 Å². The molecule has 0 spiro atoms. The highest BCUT2D eigenvalue weighted by Gasteiger charge is 2.31. The van der Waals surface area contributed by atoms with Crippen molar-refractivity contribution in [3.8, 4) is 0 Å². The van der Waals surface area contributed by atoms with Gasteiger partial charge in [-0.1, -0.05) is 0 Å². The van der Waals surface area contributed by atoms with Crippen LogP contribution in [-0.4, -0.2) is 69.5 Å². The summed E-state index contributed by atoms with van der Waals surface area (Å²) in [6.07, 6.45) is 7.89. The Morgan fingerprint density at radius 3 is 2.58 bits per heavy atom. The van der Waals surface area contributed by atoms with Gasteiger partial charge in [0.1, 0.15) is 0 Å². The molecule has 2 fully saturated rings. The molecule has 26 heavy (non-hydrogen) atoms. The first-order chi connectivity index (χ1) is 12.7. The quantitative estimate of drug-likeness (QED) is 0.828. The number of aryl methyl sites for hydroxylation is 1. The first-order valence-electron chi connectivity index (χ1n) is 9.37. The lowest BCUT2D eigenvalue weighted by atomic mass is 10.1. The highest BCUT2D eigenvalue weighted by Crippen LogP contribution is 2.31. The molecule has 138 valence electrons. The van der Waals surface area contributed by atoms with E-state index in [9.17, 15) is 4.79 Å². The van der Waals surface area contributed by atoms with Gasteiger partial charge >= 0.3 is 0 Å². The summed E-state index contributed by atoms with van der Waals surface area (Å²) < 4.78 is 2.17. The van der Waals surface area contributed by atoms with Gasteiger partial charge in [0.25, 0.3) is 0 Å². The summed E-state index contributed by atoms with van der Waals surface area (Å²) in [6.45, 7) is 4.56. The zero-order valence-electron chi connectivity index (χ0n) is 15.3. The summed E-state index contributed by atoms with van der Waals surface area (Å²) in [5, 5.41) is 0. The number of carbonyl (C=O) groups is 1. The second kappa shape index (κ2) is 7.45. The van der Waals surface area contributed by atoms with Gasteiger partial charge in [0, 0.05) is 57.5 Å². The van der Waals surface area contributed by atoms with E-state index in [0.717, 1.165) is 51.5 Å². The zero-order valence-corrected chi connectivity index (χ0v) is 15.3.